The summed E-state index contributed by atoms with van der Waals surface area (Å²) < 4.78 is 5.07. The van der Waals surface area contributed by atoms with Gasteiger partial charge in [-0.1, -0.05) is 0 Å². The normalized spacial score (nSPS) is 23.4. The fourth-order valence-corrected chi connectivity index (χ4v) is 1.53. The Morgan fingerprint density at radius 1 is 1.40 bits per heavy atom. The number of nitrogens with zero attached hydrogens (tertiary/aromatic N) is 1. The van der Waals surface area contributed by atoms with Crippen LogP contribution in [-0.2, 0) is 4.74 Å². The molecule has 2 nitrogen and oxygen atoms in total. The Morgan fingerprint density at radius 2 is 2.00 bits per heavy atom. The Bertz CT molecular complexity index is 89.3. The number of hydrogen-bond donors (Lipinski definition) is 0. The molecule has 60 valence electrons. The van der Waals surface area contributed by atoms with Crippen LogP contribution in [0.2, 0.25) is 0 Å². The Kier molecular flexibility index (Phi) is 3.16. The molecular weight excluding hydrogens is 126 g/mol. The monoisotopic (exact) mass is 143 g/mol. The average Bonchev–Trinajstić information content (AvgIpc) is 2.38. The third kappa shape index (κ3) is 1.96. The SMILES string of the molecule is COC[C@@H](C)N1CCCC1. The second-order valence-electron chi connectivity index (χ2n) is 3.05. The van der Waals surface area contributed by atoms with Crippen LogP contribution in [0.4, 0.5) is 0 Å². The molecule has 1 saturated heterocycles. The summed E-state index contributed by atoms with van der Waals surface area (Å²) in [6.45, 7) is 5.64. The predicted molar refractivity (Wildman–Crippen MR) is 42.1 cm³/mol. The van der Waals surface area contributed by atoms with E-state index in [-0.39, 0.29) is 0 Å². The molecule has 10 heavy (non-hydrogen) atoms. The minimum atomic E-state index is 0.618. The van der Waals surface area contributed by atoms with Crippen molar-refractivity contribution in [1.29, 1.82) is 0 Å². The lowest BCUT2D eigenvalue weighted by Crippen LogP contribution is -2.33. The van der Waals surface area contributed by atoms with E-state index in [1.807, 2.05) is 0 Å². The molecule has 0 aromatic heterocycles. The lowest BCUT2D eigenvalue weighted by molar-refractivity contribution is 0.115. The summed E-state index contributed by atoms with van der Waals surface area (Å²) in [7, 11) is 1.77. The quantitative estimate of drug-likeness (QED) is 0.587. The average molecular weight is 143 g/mol. The van der Waals surface area contributed by atoms with Crippen LogP contribution in [0.25, 0.3) is 0 Å². The first kappa shape index (κ1) is 8.02. The largest absolute Gasteiger partial charge is 0.383 e. The first-order valence-electron chi connectivity index (χ1n) is 4.07. The second-order valence-corrected chi connectivity index (χ2v) is 3.05. The Morgan fingerprint density at radius 3 is 2.50 bits per heavy atom. The fourth-order valence-electron chi connectivity index (χ4n) is 1.53. The highest BCUT2D eigenvalue weighted by Crippen LogP contribution is 2.10. The second kappa shape index (κ2) is 3.94. The van der Waals surface area contributed by atoms with E-state index < -0.39 is 0 Å². The molecule has 1 atom stereocenters. The van der Waals surface area contributed by atoms with Crippen molar-refractivity contribution in [3.63, 3.8) is 0 Å². The third-order valence-corrected chi connectivity index (χ3v) is 2.17. The summed E-state index contributed by atoms with van der Waals surface area (Å²) in [4.78, 5) is 2.49. The third-order valence-electron chi connectivity index (χ3n) is 2.17. The maximum absolute atomic E-state index is 5.07. The van der Waals surface area contributed by atoms with Gasteiger partial charge in [0.15, 0.2) is 0 Å². The minimum Gasteiger partial charge on any atom is -0.383 e. The molecular formula is C8H17NO. The molecule has 0 N–H and O–H groups in total. The summed E-state index contributed by atoms with van der Waals surface area (Å²) >= 11 is 0. The van der Waals surface area contributed by atoms with Crippen molar-refractivity contribution in [1.82, 2.24) is 4.90 Å². The number of methoxy groups -OCH3 is 1. The molecule has 1 aliphatic heterocycles. The molecule has 0 saturated carbocycles. The van der Waals surface area contributed by atoms with Crippen LogP contribution < -0.4 is 0 Å². The van der Waals surface area contributed by atoms with E-state index in [9.17, 15) is 0 Å². The van der Waals surface area contributed by atoms with Crippen LogP contribution in [0.15, 0.2) is 0 Å². The van der Waals surface area contributed by atoms with Gasteiger partial charge in [0.05, 0.1) is 6.61 Å². The lowest BCUT2D eigenvalue weighted by atomic mass is 10.3. The van der Waals surface area contributed by atoms with Crippen molar-refractivity contribution in [2.45, 2.75) is 25.8 Å². The van der Waals surface area contributed by atoms with E-state index >= 15 is 0 Å². The molecule has 0 aromatic carbocycles. The highest BCUT2D eigenvalue weighted by atomic mass is 16.5. The predicted octanol–water partition coefficient (Wildman–Crippen LogP) is 1.12. The zero-order valence-electron chi connectivity index (χ0n) is 6.97. The maximum atomic E-state index is 5.07. The number of rotatable bonds is 3. The number of ether oxygens (including phenoxy) is 1. The van der Waals surface area contributed by atoms with Crippen molar-refractivity contribution in [3.8, 4) is 0 Å². The van der Waals surface area contributed by atoms with Gasteiger partial charge in [0.25, 0.3) is 0 Å². The molecule has 1 fully saturated rings. The zero-order valence-corrected chi connectivity index (χ0v) is 6.97. The van der Waals surface area contributed by atoms with Gasteiger partial charge in [0.1, 0.15) is 0 Å². The molecule has 1 aliphatic rings. The van der Waals surface area contributed by atoms with Crippen molar-refractivity contribution in [2.24, 2.45) is 0 Å². The Balaban J connectivity index is 2.18. The minimum absolute atomic E-state index is 0.618. The van der Waals surface area contributed by atoms with Gasteiger partial charge in [-0.3, -0.25) is 4.90 Å². The molecule has 2 heteroatoms. The van der Waals surface area contributed by atoms with Crippen LogP contribution in [0.3, 0.4) is 0 Å². The molecule has 0 bridgehead atoms. The van der Waals surface area contributed by atoms with Gasteiger partial charge in [-0.25, -0.2) is 0 Å². The summed E-state index contributed by atoms with van der Waals surface area (Å²) in [5, 5.41) is 0. The van der Waals surface area contributed by atoms with E-state index in [1.165, 1.54) is 25.9 Å². The maximum Gasteiger partial charge on any atom is 0.0615 e. The number of likely N-dealkylation sites (tertiary alicyclic amines) is 1. The molecule has 0 aliphatic carbocycles. The van der Waals surface area contributed by atoms with Gasteiger partial charge in [0, 0.05) is 13.2 Å². The summed E-state index contributed by atoms with van der Waals surface area (Å²) in [5.41, 5.74) is 0. The van der Waals surface area contributed by atoms with Crippen molar-refractivity contribution in [2.75, 3.05) is 26.8 Å². The van der Waals surface area contributed by atoms with Crippen LogP contribution in [-0.4, -0.2) is 37.7 Å². The summed E-state index contributed by atoms with van der Waals surface area (Å²) in [5.74, 6) is 0. The Hall–Kier alpha value is -0.0800. The van der Waals surface area contributed by atoms with E-state index in [2.05, 4.69) is 11.8 Å². The van der Waals surface area contributed by atoms with Gasteiger partial charge < -0.3 is 4.74 Å². The smallest absolute Gasteiger partial charge is 0.0615 e. The van der Waals surface area contributed by atoms with Gasteiger partial charge in [0.2, 0.25) is 0 Å². The van der Waals surface area contributed by atoms with Gasteiger partial charge in [-0.15, -0.1) is 0 Å². The van der Waals surface area contributed by atoms with Gasteiger partial charge >= 0.3 is 0 Å². The molecule has 0 aromatic rings. The van der Waals surface area contributed by atoms with Gasteiger partial charge in [-0.2, -0.15) is 0 Å². The van der Waals surface area contributed by atoms with Crippen LogP contribution in [0, 0.1) is 0 Å². The lowest BCUT2D eigenvalue weighted by Gasteiger charge is -2.22. The molecule has 0 unspecified atom stereocenters. The van der Waals surface area contributed by atoms with Crippen LogP contribution >= 0.6 is 0 Å². The van der Waals surface area contributed by atoms with Crippen molar-refractivity contribution < 1.29 is 4.74 Å². The summed E-state index contributed by atoms with van der Waals surface area (Å²) in [6, 6.07) is 0.618. The Labute approximate surface area is 63.2 Å². The van der Waals surface area contributed by atoms with Crippen molar-refractivity contribution in [3.05, 3.63) is 0 Å². The number of hydrogen-bond acceptors (Lipinski definition) is 2. The molecule has 0 amide bonds. The highest BCUT2D eigenvalue weighted by Gasteiger charge is 2.16. The molecule has 0 spiro atoms. The van der Waals surface area contributed by atoms with Crippen LogP contribution in [0.5, 0.6) is 0 Å². The van der Waals surface area contributed by atoms with Gasteiger partial charge in [-0.05, 0) is 32.9 Å². The van der Waals surface area contributed by atoms with E-state index in [4.69, 9.17) is 4.74 Å². The van der Waals surface area contributed by atoms with E-state index in [0.717, 1.165) is 6.61 Å². The van der Waals surface area contributed by atoms with E-state index in [1.54, 1.807) is 7.11 Å². The van der Waals surface area contributed by atoms with E-state index in [0.29, 0.717) is 6.04 Å². The standard InChI is InChI=1S/C8H17NO/c1-8(7-10-2)9-5-3-4-6-9/h8H,3-7H2,1-2H3/t8-/m1/s1. The van der Waals surface area contributed by atoms with Crippen molar-refractivity contribution >= 4 is 0 Å². The fraction of sp³-hybridized carbons (Fsp3) is 1.00. The first-order chi connectivity index (χ1) is 4.84. The summed E-state index contributed by atoms with van der Waals surface area (Å²) in [6.07, 6.45) is 2.74. The first-order valence-corrected chi connectivity index (χ1v) is 4.07. The highest BCUT2D eigenvalue weighted by molar-refractivity contribution is 4.71. The molecule has 1 rings (SSSR count). The zero-order chi connectivity index (χ0) is 7.40. The molecule has 1 heterocycles. The van der Waals surface area contributed by atoms with Crippen LogP contribution in [0.1, 0.15) is 19.8 Å². The molecule has 0 radical (unpaired) electrons. The topological polar surface area (TPSA) is 12.5 Å².